The van der Waals surface area contributed by atoms with Crippen LogP contribution in [-0.2, 0) is 6.42 Å². The molecule has 144 valence electrons. The van der Waals surface area contributed by atoms with Crippen LogP contribution < -0.4 is 9.64 Å². The van der Waals surface area contributed by atoms with E-state index in [1.54, 1.807) is 0 Å². The van der Waals surface area contributed by atoms with E-state index in [4.69, 9.17) is 10.00 Å². The maximum absolute atomic E-state index is 8.99. The zero-order valence-corrected chi connectivity index (χ0v) is 16.5. The third-order valence-corrected chi connectivity index (χ3v) is 6.95. The van der Waals surface area contributed by atoms with E-state index in [1.807, 2.05) is 24.3 Å². The first-order valence-corrected chi connectivity index (χ1v) is 10.5. The Kier molecular flexibility index (Phi) is 4.29. The number of piperidine rings is 1. The Labute approximate surface area is 167 Å². The molecule has 3 aliphatic rings. The number of anilines is 2. The Hall–Kier alpha value is -2.51. The minimum Gasteiger partial charge on any atom is -0.487 e. The van der Waals surface area contributed by atoms with E-state index in [9.17, 15) is 0 Å². The van der Waals surface area contributed by atoms with E-state index in [2.05, 4.69) is 41.1 Å². The highest BCUT2D eigenvalue weighted by Gasteiger charge is 2.43. The molecule has 2 aromatic carbocycles. The van der Waals surface area contributed by atoms with Crippen LogP contribution in [0.2, 0.25) is 0 Å². The van der Waals surface area contributed by atoms with Crippen LogP contribution in [0.5, 0.6) is 5.75 Å². The topological polar surface area (TPSA) is 39.5 Å². The van der Waals surface area contributed by atoms with Gasteiger partial charge in [0.15, 0.2) is 0 Å². The number of hydrogen-bond acceptors (Lipinski definition) is 4. The first kappa shape index (κ1) is 17.6. The number of ether oxygens (including phenoxy) is 1. The fourth-order valence-corrected chi connectivity index (χ4v) is 4.86. The normalized spacial score (nSPS) is 20.9. The van der Waals surface area contributed by atoms with Crippen molar-refractivity contribution in [2.24, 2.45) is 0 Å². The zero-order chi connectivity index (χ0) is 19.1. The van der Waals surface area contributed by atoms with Gasteiger partial charge in [-0.3, -0.25) is 0 Å². The third-order valence-electron chi connectivity index (χ3n) is 6.95. The second-order valence-electron chi connectivity index (χ2n) is 8.59. The summed E-state index contributed by atoms with van der Waals surface area (Å²) in [5.41, 5.74) is 4.27. The van der Waals surface area contributed by atoms with Gasteiger partial charge in [0, 0.05) is 62.4 Å². The smallest absolute Gasteiger partial charge is 0.123 e. The van der Waals surface area contributed by atoms with Crippen molar-refractivity contribution in [2.45, 2.75) is 50.2 Å². The monoisotopic (exact) mass is 373 g/mol. The first-order valence-electron chi connectivity index (χ1n) is 10.5. The van der Waals surface area contributed by atoms with E-state index >= 15 is 0 Å². The largest absolute Gasteiger partial charge is 0.487 e. The van der Waals surface area contributed by atoms with E-state index in [-0.39, 0.29) is 5.60 Å². The van der Waals surface area contributed by atoms with E-state index in [1.165, 1.54) is 37.9 Å². The summed E-state index contributed by atoms with van der Waals surface area (Å²) in [6.07, 6.45) is 7.48. The van der Waals surface area contributed by atoms with Gasteiger partial charge in [-0.15, -0.1) is 0 Å². The molecule has 28 heavy (non-hydrogen) atoms. The number of hydrogen-bond donors (Lipinski definition) is 0. The Balaban J connectivity index is 1.30. The highest BCUT2D eigenvalue weighted by molar-refractivity contribution is 5.65. The van der Waals surface area contributed by atoms with Crippen molar-refractivity contribution in [3.8, 4) is 11.8 Å². The van der Waals surface area contributed by atoms with Crippen LogP contribution >= 0.6 is 0 Å². The van der Waals surface area contributed by atoms with Crippen LogP contribution in [0.3, 0.4) is 0 Å². The molecule has 4 heteroatoms. The van der Waals surface area contributed by atoms with Crippen molar-refractivity contribution in [1.82, 2.24) is 4.90 Å². The van der Waals surface area contributed by atoms with Crippen molar-refractivity contribution in [3.05, 3.63) is 53.6 Å². The molecule has 2 aromatic rings. The SMILES string of the molecule is CN(c1ccc(C#N)cc1)c1ccc2c(c1)CC1(CCN(C3CCC3)CC1)O2. The molecule has 0 radical (unpaired) electrons. The molecule has 0 bridgehead atoms. The molecule has 0 atom stereocenters. The van der Waals surface area contributed by atoms with Gasteiger partial charge >= 0.3 is 0 Å². The summed E-state index contributed by atoms with van der Waals surface area (Å²) in [4.78, 5) is 4.86. The third kappa shape index (κ3) is 3.04. The van der Waals surface area contributed by atoms with Crippen LogP contribution in [-0.4, -0.2) is 36.7 Å². The lowest BCUT2D eigenvalue weighted by molar-refractivity contribution is -0.00746. The molecule has 0 unspecified atom stereocenters. The minimum absolute atomic E-state index is 0.00815. The predicted octanol–water partition coefficient (Wildman–Crippen LogP) is 4.65. The predicted molar refractivity (Wildman–Crippen MR) is 111 cm³/mol. The Morgan fingerprint density at radius 1 is 1.07 bits per heavy atom. The van der Waals surface area contributed by atoms with Gasteiger partial charge in [-0.2, -0.15) is 5.26 Å². The van der Waals surface area contributed by atoms with E-state index in [0.29, 0.717) is 5.56 Å². The van der Waals surface area contributed by atoms with Crippen molar-refractivity contribution in [2.75, 3.05) is 25.0 Å². The fraction of sp³-hybridized carbons (Fsp3) is 0.458. The lowest BCUT2D eigenvalue weighted by Gasteiger charge is -2.45. The molecule has 0 N–H and O–H groups in total. The Bertz CT molecular complexity index is 902. The van der Waals surface area contributed by atoms with Gasteiger partial charge in [-0.1, -0.05) is 6.42 Å². The number of nitrogens with zero attached hydrogens (tertiary/aromatic N) is 3. The summed E-state index contributed by atoms with van der Waals surface area (Å²) < 4.78 is 6.50. The first-order chi connectivity index (χ1) is 13.7. The number of fused-ring (bicyclic) bond motifs is 1. The quantitative estimate of drug-likeness (QED) is 0.785. The molecule has 0 amide bonds. The average Bonchev–Trinajstić information content (AvgIpc) is 3.05. The number of rotatable bonds is 3. The molecule has 2 fully saturated rings. The molecule has 1 saturated carbocycles. The summed E-state index contributed by atoms with van der Waals surface area (Å²) in [6, 6.07) is 17.3. The van der Waals surface area contributed by atoms with Crippen molar-refractivity contribution < 1.29 is 4.74 Å². The van der Waals surface area contributed by atoms with Gasteiger partial charge in [-0.05, 0) is 55.3 Å². The zero-order valence-electron chi connectivity index (χ0n) is 16.5. The van der Waals surface area contributed by atoms with Crippen molar-refractivity contribution in [1.29, 1.82) is 5.26 Å². The molecule has 2 aliphatic heterocycles. The van der Waals surface area contributed by atoms with E-state index < -0.39 is 0 Å². The van der Waals surface area contributed by atoms with Gasteiger partial charge in [0.2, 0.25) is 0 Å². The molecule has 1 aliphatic carbocycles. The van der Waals surface area contributed by atoms with Crippen molar-refractivity contribution >= 4 is 11.4 Å². The number of benzene rings is 2. The summed E-state index contributed by atoms with van der Waals surface area (Å²) in [6.45, 7) is 2.35. The maximum atomic E-state index is 8.99. The van der Waals surface area contributed by atoms with Gasteiger partial charge < -0.3 is 14.5 Å². The highest BCUT2D eigenvalue weighted by Crippen LogP contribution is 2.43. The summed E-state index contributed by atoms with van der Waals surface area (Å²) in [7, 11) is 2.08. The fourth-order valence-electron chi connectivity index (χ4n) is 4.86. The molecule has 2 heterocycles. The van der Waals surface area contributed by atoms with Crippen LogP contribution in [0.15, 0.2) is 42.5 Å². The second-order valence-corrected chi connectivity index (χ2v) is 8.59. The van der Waals surface area contributed by atoms with Gasteiger partial charge in [0.25, 0.3) is 0 Å². The van der Waals surface area contributed by atoms with Crippen molar-refractivity contribution in [3.63, 3.8) is 0 Å². The molecule has 1 saturated heterocycles. The standard InChI is InChI=1S/C24H27N3O/c1-26(20-7-5-18(17-25)6-8-20)22-9-10-23-19(15-22)16-24(28-23)11-13-27(14-12-24)21-3-2-4-21/h5-10,15,21H,2-4,11-14,16H2,1H3. The molecule has 5 rings (SSSR count). The maximum Gasteiger partial charge on any atom is 0.123 e. The van der Waals surface area contributed by atoms with Crippen LogP contribution in [0.25, 0.3) is 0 Å². The highest BCUT2D eigenvalue weighted by atomic mass is 16.5. The second kappa shape index (κ2) is 6.83. The summed E-state index contributed by atoms with van der Waals surface area (Å²) >= 11 is 0. The lowest BCUT2D eigenvalue weighted by atomic mass is 9.83. The van der Waals surface area contributed by atoms with Crippen LogP contribution in [0.1, 0.15) is 43.2 Å². The molecular formula is C24H27N3O. The van der Waals surface area contributed by atoms with Gasteiger partial charge in [0.05, 0.1) is 11.6 Å². The molecule has 1 spiro atoms. The minimum atomic E-state index is 0.00815. The molecule has 4 nitrogen and oxygen atoms in total. The van der Waals surface area contributed by atoms with Gasteiger partial charge in [-0.25, -0.2) is 0 Å². The molecule has 0 aromatic heterocycles. The summed E-state index contributed by atoms with van der Waals surface area (Å²) in [5, 5.41) is 8.99. The molecular weight excluding hydrogens is 346 g/mol. The summed E-state index contributed by atoms with van der Waals surface area (Å²) in [5.74, 6) is 1.06. The van der Waals surface area contributed by atoms with E-state index in [0.717, 1.165) is 42.4 Å². The Morgan fingerprint density at radius 2 is 1.79 bits per heavy atom. The van der Waals surface area contributed by atoms with Crippen LogP contribution in [0, 0.1) is 11.3 Å². The van der Waals surface area contributed by atoms with Gasteiger partial charge in [0.1, 0.15) is 11.4 Å². The number of nitriles is 1. The average molecular weight is 374 g/mol. The number of likely N-dealkylation sites (tertiary alicyclic amines) is 1. The lowest BCUT2D eigenvalue weighted by Crippen LogP contribution is -2.52. The van der Waals surface area contributed by atoms with Crippen LogP contribution in [0.4, 0.5) is 11.4 Å². The Morgan fingerprint density at radius 3 is 2.43 bits per heavy atom.